The van der Waals surface area contributed by atoms with Crippen molar-refractivity contribution in [1.29, 1.82) is 0 Å². The summed E-state index contributed by atoms with van der Waals surface area (Å²) in [6.45, 7) is 6.50. The molecule has 0 radical (unpaired) electrons. The van der Waals surface area contributed by atoms with E-state index in [0.717, 1.165) is 48.5 Å². The van der Waals surface area contributed by atoms with Crippen molar-refractivity contribution in [3.05, 3.63) is 0 Å². The van der Waals surface area contributed by atoms with Gasteiger partial charge in [0.15, 0.2) is 43.1 Å². The number of ether oxygens (including phenoxy) is 11. The first-order valence-corrected chi connectivity index (χ1v) is 15.4. The van der Waals surface area contributed by atoms with E-state index in [-0.39, 0.29) is 6.61 Å². The van der Waals surface area contributed by atoms with Gasteiger partial charge in [-0.15, -0.1) is 0 Å². The number of alkyl halides is 1. The highest BCUT2D eigenvalue weighted by Gasteiger charge is 2.57. The number of hydrogen-bond donors (Lipinski definition) is 0. The molecule has 0 saturated carbocycles. The summed E-state index contributed by atoms with van der Waals surface area (Å²) in [6.07, 6.45) is -15.1. The molecule has 2 fully saturated rings. The van der Waals surface area contributed by atoms with Crippen molar-refractivity contribution in [3.8, 4) is 0 Å². The SMILES string of the molecule is CC(=O)OC[C@H]1O[C@H](O[C@@H]2[C@H](OC(C)=O)[C@@H](OC(C)=O)[C@H](OCCBr)O[C@@H]2COC(C)=O)[C@H](OC(C)=O)[C@@H](OC(C)=O)[C@H]1OC(C)=O. The van der Waals surface area contributed by atoms with Gasteiger partial charge in [0.2, 0.25) is 0 Å². The minimum absolute atomic E-state index is 0.0424. The van der Waals surface area contributed by atoms with Crippen LogP contribution >= 0.6 is 15.9 Å². The Balaban J connectivity index is 2.71. The smallest absolute Gasteiger partial charge is 0.303 e. The lowest BCUT2D eigenvalue weighted by Crippen LogP contribution is -2.67. The summed E-state index contributed by atoms with van der Waals surface area (Å²) < 4.78 is 61.5. The Labute approximate surface area is 278 Å². The number of halogens is 1. The lowest BCUT2D eigenvalue weighted by atomic mass is 9.96. The fraction of sp³-hybridized carbons (Fsp3) is 0.750. The van der Waals surface area contributed by atoms with Crippen LogP contribution in [0.5, 0.6) is 0 Å². The molecule has 0 aromatic rings. The molecule has 0 amide bonds. The summed E-state index contributed by atoms with van der Waals surface area (Å²) in [4.78, 5) is 84.6. The zero-order valence-corrected chi connectivity index (χ0v) is 28.4. The number of hydrogen-bond acceptors (Lipinski definition) is 18. The third-order valence-corrected chi connectivity index (χ3v) is 6.57. The molecule has 10 atom stereocenters. The first-order chi connectivity index (χ1) is 22.0. The van der Waals surface area contributed by atoms with E-state index in [4.69, 9.17) is 52.1 Å². The van der Waals surface area contributed by atoms with Crippen LogP contribution in [0, 0.1) is 0 Å². The van der Waals surface area contributed by atoms with E-state index >= 15 is 0 Å². The predicted octanol–water partition coefficient (Wildman–Crippen LogP) is 0.0176. The van der Waals surface area contributed by atoms with Crippen molar-refractivity contribution < 1.29 is 85.7 Å². The molecule has 266 valence electrons. The molecule has 2 aliphatic rings. The lowest BCUT2D eigenvalue weighted by Gasteiger charge is -2.48. The van der Waals surface area contributed by atoms with Crippen LogP contribution < -0.4 is 0 Å². The average molecular weight is 744 g/mol. The van der Waals surface area contributed by atoms with E-state index in [2.05, 4.69) is 15.9 Å². The first kappa shape index (κ1) is 39.8. The standard InChI is InChI=1S/C28H39BrO18/c1-12(30)38-10-19-21(40-14(3)32)23(41-15(4)33)26(44-18(7)36)28(46-19)47-22-20(11-39-13(2)31)45-27(37-9-8-29)25(43-17(6)35)24(22)42-16(5)34/h19-28H,8-11H2,1-7H3/t19-,20-,21+,22+,23+,24+,25-,26-,27-,28-/m1/s1. The summed E-state index contributed by atoms with van der Waals surface area (Å²) in [5.41, 5.74) is 0. The Morgan fingerprint density at radius 2 is 0.851 bits per heavy atom. The molecule has 0 spiro atoms. The lowest BCUT2D eigenvalue weighted by molar-refractivity contribution is -0.360. The molecule has 0 N–H and O–H groups in total. The van der Waals surface area contributed by atoms with E-state index in [1.807, 2.05) is 0 Å². The zero-order valence-electron chi connectivity index (χ0n) is 26.8. The Morgan fingerprint density at radius 1 is 0.489 bits per heavy atom. The molecule has 0 bridgehead atoms. The van der Waals surface area contributed by atoms with Crippen LogP contribution in [0.3, 0.4) is 0 Å². The zero-order chi connectivity index (χ0) is 35.4. The van der Waals surface area contributed by atoms with E-state index in [0.29, 0.717) is 5.33 Å². The van der Waals surface area contributed by atoms with Gasteiger partial charge in [-0.2, -0.15) is 0 Å². The van der Waals surface area contributed by atoms with Crippen LogP contribution in [-0.2, 0) is 85.7 Å². The Morgan fingerprint density at radius 3 is 1.28 bits per heavy atom. The molecular formula is C28H39BrO18. The van der Waals surface area contributed by atoms with Crippen LogP contribution in [0.25, 0.3) is 0 Å². The van der Waals surface area contributed by atoms with Gasteiger partial charge in [-0.3, -0.25) is 33.6 Å². The summed E-state index contributed by atoms with van der Waals surface area (Å²) in [6, 6.07) is 0. The normalized spacial score (nSPS) is 30.2. The molecule has 2 rings (SSSR count). The molecule has 0 unspecified atom stereocenters. The van der Waals surface area contributed by atoms with Gasteiger partial charge in [0.05, 0.1) is 6.61 Å². The fourth-order valence-electron chi connectivity index (χ4n) is 4.77. The highest BCUT2D eigenvalue weighted by atomic mass is 79.9. The van der Waals surface area contributed by atoms with Crippen LogP contribution in [0.1, 0.15) is 48.5 Å². The molecule has 2 saturated heterocycles. The van der Waals surface area contributed by atoms with E-state index in [9.17, 15) is 33.6 Å². The minimum atomic E-state index is -1.76. The molecule has 2 heterocycles. The number of carbonyl (C=O) groups is 7. The third kappa shape index (κ3) is 12.6. The number of carbonyl (C=O) groups excluding carboxylic acids is 7. The Kier molecular flexibility index (Phi) is 15.9. The molecule has 47 heavy (non-hydrogen) atoms. The molecule has 0 aromatic heterocycles. The molecular weight excluding hydrogens is 704 g/mol. The van der Waals surface area contributed by atoms with Crippen molar-refractivity contribution in [2.75, 3.05) is 25.2 Å². The first-order valence-electron chi connectivity index (χ1n) is 14.3. The highest BCUT2D eigenvalue weighted by molar-refractivity contribution is 9.09. The molecule has 0 aromatic carbocycles. The van der Waals surface area contributed by atoms with Gasteiger partial charge < -0.3 is 52.1 Å². The highest BCUT2D eigenvalue weighted by Crippen LogP contribution is 2.35. The van der Waals surface area contributed by atoms with Crippen LogP contribution in [-0.4, -0.2) is 128 Å². The Hall–Kier alpha value is -3.39. The number of rotatable bonds is 14. The summed E-state index contributed by atoms with van der Waals surface area (Å²) in [5.74, 6) is -5.76. The Bertz CT molecular complexity index is 1140. The molecule has 0 aliphatic carbocycles. The minimum Gasteiger partial charge on any atom is -0.463 e. The van der Waals surface area contributed by atoms with Gasteiger partial charge >= 0.3 is 41.8 Å². The predicted molar refractivity (Wildman–Crippen MR) is 153 cm³/mol. The van der Waals surface area contributed by atoms with Crippen LogP contribution in [0.4, 0.5) is 0 Å². The van der Waals surface area contributed by atoms with E-state index in [1.54, 1.807) is 0 Å². The van der Waals surface area contributed by atoms with Gasteiger partial charge in [-0.05, 0) is 0 Å². The average Bonchev–Trinajstić information content (AvgIpc) is 2.94. The molecule has 2 aliphatic heterocycles. The van der Waals surface area contributed by atoms with Gasteiger partial charge in [0.1, 0.15) is 31.5 Å². The van der Waals surface area contributed by atoms with Gasteiger partial charge in [-0.25, -0.2) is 0 Å². The largest absolute Gasteiger partial charge is 0.463 e. The van der Waals surface area contributed by atoms with Crippen molar-refractivity contribution >= 4 is 57.7 Å². The van der Waals surface area contributed by atoms with Gasteiger partial charge in [-0.1, -0.05) is 15.9 Å². The molecule has 19 heteroatoms. The van der Waals surface area contributed by atoms with Crippen molar-refractivity contribution in [2.45, 2.75) is 110 Å². The van der Waals surface area contributed by atoms with E-state index in [1.165, 1.54) is 0 Å². The second-order valence-corrected chi connectivity index (χ2v) is 11.0. The summed E-state index contributed by atoms with van der Waals surface area (Å²) in [7, 11) is 0. The monoisotopic (exact) mass is 742 g/mol. The van der Waals surface area contributed by atoms with Crippen molar-refractivity contribution in [3.63, 3.8) is 0 Å². The van der Waals surface area contributed by atoms with Crippen molar-refractivity contribution in [2.24, 2.45) is 0 Å². The fourth-order valence-corrected chi connectivity index (χ4v) is 4.95. The topological polar surface area (TPSA) is 221 Å². The van der Waals surface area contributed by atoms with Crippen molar-refractivity contribution in [1.82, 2.24) is 0 Å². The number of esters is 7. The third-order valence-electron chi connectivity index (χ3n) is 6.24. The van der Waals surface area contributed by atoms with Gasteiger partial charge in [0.25, 0.3) is 0 Å². The van der Waals surface area contributed by atoms with Crippen LogP contribution in [0.2, 0.25) is 0 Å². The molecule has 18 nitrogen and oxygen atoms in total. The van der Waals surface area contributed by atoms with E-state index < -0.39 is 116 Å². The second-order valence-electron chi connectivity index (χ2n) is 10.2. The quantitative estimate of drug-likeness (QED) is 0.130. The van der Waals surface area contributed by atoms with Crippen LogP contribution in [0.15, 0.2) is 0 Å². The maximum atomic E-state index is 12.4. The summed E-state index contributed by atoms with van der Waals surface area (Å²) >= 11 is 3.22. The maximum absolute atomic E-state index is 12.4. The summed E-state index contributed by atoms with van der Waals surface area (Å²) in [5, 5.41) is 0.331. The van der Waals surface area contributed by atoms with Gasteiger partial charge in [0, 0.05) is 53.8 Å². The maximum Gasteiger partial charge on any atom is 0.303 e. The second kappa shape index (κ2) is 18.8.